The highest BCUT2D eigenvalue weighted by molar-refractivity contribution is 7.89. The number of pyridine rings is 1. The third kappa shape index (κ3) is 4.97. The van der Waals surface area contributed by atoms with E-state index in [0.29, 0.717) is 30.9 Å². The summed E-state index contributed by atoms with van der Waals surface area (Å²) in [6.07, 6.45) is 1.93. The van der Waals surface area contributed by atoms with Gasteiger partial charge in [0.2, 0.25) is 10.0 Å². The van der Waals surface area contributed by atoms with Crippen LogP contribution in [0, 0.1) is 10.1 Å². The van der Waals surface area contributed by atoms with Crippen LogP contribution in [0.4, 0.5) is 11.5 Å². The Morgan fingerprint density at radius 1 is 1.19 bits per heavy atom. The Morgan fingerprint density at radius 3 is 2.59 bits per heavy atom. The molecule has 172 valence electrons. The molecule has 0 bridgehead atoms. The summed E-state index contributed by atoms with van der Waals surface area (Å²) in [6.45, 7) is 3.22. The van der Waals surface area contributed by atoms with Gasteiger partial charge in [0.15, 0.2) is 4.90 Å². The Labute approximate surface area is 185 Å². The summed E-state index contributed by atoms with van der Waals surface area (Å²) in [5.41, 5.74) is -0.192. The number of nitro groups is 1. The lowest BCUT2D eigenvalue weighted by Gasteiger charge is -2.22. The van der Waals surface area contributed by atoms with Crippen LogP contribution >= 0.6 is 0 Å². The Morgan fingerprint density at radius 2 is 1.97 bits per heavy atom. The lowest BCUT2D eigenvalue weighted by Crippen LogP contribution is -2.35. The van der Waals surface area contributed by atoms with E-state index in [-0.39, 0.29) is 30.3 Å². The molecule has 0 N–H and O–H groups in total. The van der Waals surface area contributed by atoms with Crippen LogP contribution in [-0.2, 0) is 14.8 Å². The smallest absolute Gasteiger partial charge is 0.339 e. The van der Waals surface area contributed by atoms with Crippen molar-refractivity contribution in [3.8, 4) is 5.75 Å². The van der Waals surface area contributed by atoms with Crippen molar-refractivity contribution < 1.29 is 27.6 Å². The van der Waals surface area contributed by atoms with E-state index in [9.17, 15) is 23.3 Å². The minimum atomic E-state index is -4.09. The van der Waals surface area contributed by atoms with Gasteiger partial charge in [-0.25, -0.2) is 18.2 Å². The molecule has 11 nitrogen and oxygen atoms in total. The number of anilines is 1. The number of rotatable bonds is 7. The molecule has 0 atom stereocenters. The van der Waals surface area contributed by atoms with Crippen LogP contribution in [0.25, 0.3) is 0 Å². The molecule has 1 aliphatic rings. The van der Waals surface area contributed by atoms with Gasteiger partial charge in [0.05, 0.1) is 30.3 Å². The van der Waals surface area contributed by atoms with Crippen LogP contribution in [0.15, 0.2) is 41.4 Å². The zero-order valence-corrected chi connectivity index (χ0v) is 18.6. The summed E-state index contributed by atoms with van der Waals surface area (Å²) in [5, 5.41) is 11.5. The Kier molecular flexibility index (Phi) is 7.26. The first-order valence-corrected chi connectivity index (χ1v) is 11.4. The number of carbonyl (C=O) groups is 1. The number of benzene rings is 1. The molecule has 32 heavy (non-hydrogen) atoms. The second-order valence-corrected chi connectivity index (χ2v) is 8.87. The monoisotopic (exact) mass is 464 g/mol. The van der Waals surface area contributed by atoms with Crippen molar-refractivity contribution in [3.63, 3.8) is 0 Å². The maximum absolute atomic E-state index is 13.2. The molecule has 0 radical (unpaired) electrons. The van der Waals surface area contributed by atoms with Crippen molar-refractivity contribution in [1.29, 1.82) is 0 Å². The van der Waals surface area contributed by atoms with Gasteiger partial charge < -0.3 is 14.4 Å². The number of ether oxygens (including phenoxy) is 2. The van der Waals surface area contributed by atoms with Crippen molar-refractivity contribution >= 4 is 27.5 Å². The van der Waals surface area contributed by atoms with Crippen molar-refractivity contribution in [2.75, 3.05) is 44.8 Å². The van der Waals surface area contributed by atoms with E-state index in [1.165, 1.54) is 29.7 Å². The molecule has 1 aromatic heterocycles. The highest BCUT2D eigenvalue weighted by atomic mass is 32.2. The molecule has 1 aliphatic heterocycles. The minimum absolute atomic E-state index is 0.132. The van der Waals surface area contributed by atoms with E-state index in [2.05, 4.69) is 4.98 Å². The molecule has 0 unspecified atom stereocenters. The fourth-order valence-electron chi connectivity index (χ4n) is 3.40. The molecule has 0 amide bonds. The Bertz CT molecular complexity index is 1090. The quantitative estimate of drug-likeness (QED) is 0.343. The van der Waals surface area contributed by atoms with Gasteiger partial charge in [-0.15, -0.1) is 0 Å². The maximum atomic E-state index is 13.2. The number of hydrogen-bond donors (Lipinski definition) is 0. The lowest BCUT2D eigenvalue weighted by atomic mass is 10.2. The SMILES string of the molecule is CCOC(=O)c1ccc(N2CCCN(S(=O)(=O)c3ccc(OC)cc3[N+](=O)[O-])CC2)nc1. The number of carbonyl (C=O) groups excluding carboxylic acids is 1. The molecular weight excluding hydrogens is 440 g/mol. The van der Waals surface area contributed by atoms with E-state index in [4.69, 9.17) is 9.47 Å². The van der Waals surface area contributed by atoms with Gasteiger partial charge in [0.25, 0.3) is 5.69 Å². The lowest BCUT2D eigenvalue weighted by molar-refractivity contribution is -0.387. The van der Waals surface area contributed by atoms with E-state index >= 15 is 0 Å². The topological polar surface area (TPSA) is 132 Å². The molecule has 1 aromatic carbocycles. The van der Waals surface area contributed by atoms with Crippen LogP contribution in [0.1, 0.15) is 23.7 Å². The van der Waals surface area contributed by atoms with Gasteiger partial charge >= 0.3 is 5.97 Å². The number of esters is 1. The van der Waals surface area contributed by atoms with Crippen molar-refractivity contribution in [1.82, 2.24) is 9.29 Å². The number of sulfonamides is 1. The van der Waals surface area contributed by atoms with Crippen molar-refractivity contribution in [2.45, 2.75) is 18.2 Å². The van der Waals surface area contributed by atoms with Gasteiger partial charge in [-0.3, -0.25) is 10.1 Å². The summed E-state index contributed by atoms with van der Waals surface area (Å²) >= 11 is 0. The van der Waals surface area contributed by atoms with Gasteiger partial charge in [-0.1, -0.05) is 0 Å². The average molecular weight is 465 g/mol. The first kappa shape index (κ1) is 23.4. The second kappa shape index (κ2) is 9.92. The maximum Gasteiger partial charge on any atom is 0.339 e. The van der Waals surface area contributed by atoms with Crippen LogP contribution in [-0.4, -0.2) is 68.5 Å². The van der Waals surface area contributed by atoms with Gasteiger partial charge in [-0.05, 0) is 37.6 Å². The fourth-order valence-corrected chi connectivity index (χ4v) is 5.00. The minimum Gasteiger partial charge on any atom is -0.497 e. The Hall–Kier alpha value is -3.25. The van der Waals surface area contributed by atoms with Crippen molar-refractivity contribution in [2.24, 2.45) is 0 Å². The average Bonchev–Trinajstić information content (AvgIpc) is 3.06. The molecule has 0 spiro atoms. The first-order chi connectivity index (χ1) is 15.3. The number of methoxy groups -OCH3 is 1. The fraction of sp³-hybridized carbons (Fsp3) is 0.400. The third-order valence-electron chi connectivity index (χ3n) is 5.02. The van der Waals surface area contributed by atoms with Crippen LogP contribution < -0.4 is 9.64 Å². The number of nitrogens with zero attached hydrogens (tertiary/aromatic N) is 4. The number of aromatic nitrogens is 1. The summed E-state index contributed by atoms with van der Waals surface area (Å²) < 4.78 is 37.5. The number of nitro benzene ring substituents is 1. The molecule has 0 aliphatic carbocycles. The van der Waals surface area contributed by atoms with Crippen LogP contribution in [0.3, 0.4) is 0 Å². The third-order valence-corrected chi connectivity index (χ3v) is 6.96. The molecule has 12 heteroatoms. The first-order valence-electron chi connectivity index (χ1n) is 9.98. The van der Waals surface area contributed by atoms with E-state index in [0.717, 1.165) is 6.07 Å². The van der Waals surface area contributed by atoms with Crippen LogP contribution in [0.2, 0.25) is 0 Å². The standard InChI is InChI=1S/C20H24N4O7S/c1-3-31-20(25)15-5-8-19(21-14-15)22-9-4-10-23(12-11-22)32(28,29)18-7-6-16(30-2)13-17(18)24(26)27/h5-8,13-14H,3-4,9-12H2,1-2H3. The molecule has 1 fully saturated rings. The van der Waals surface area contributed by atoms with E-state index in [1.54, 1.807) is 19.1 Å². The molecule has 0 saturated carbocycles. The molecule has 2 heterocycles. The normalized spacial score (nSPS) is 15.1. The summed E-state index contributed by atoms with van der Waals surface area (Å²) in [4.78, 5) is 28.4. The highest BCUT2D eigenvalue weighted by Crippen LogP contribution is 2.31. The molecule has 1 saturated heterocycles. The second-order valence-electron chi connectivity index (χ2n) is 6.96. The predicted molar refractivity (Wildman–Crippen MR) is 115 cm³/mol. The van der Waals surface area contributed by atoms with E-state index in [1.807, 2.05) is 4.90 Å². The molecule has 3 rings (SSSR count). The van der Waals surface area contributed by atoms with Gasteiger partial charge in [-0.2, -0.15) is 4.31 Å². The highest BCUT2D eigenvalue weighted by Gasteiger charge is 2.33. The number of hydrogen-bond acceptors (Lipinski definition) is 9. The van der Waals surface area contributed by atoms with Gasteiger partial charge in [0.1, 0.15) is 11.6 Å². The summed E-state index contributed by atoms with van der Waals surface area (Å²) in [7, 11) is -2.74. The predicted octanol–water partition coefficient (Wildman–Crippen LogP) is 2.08. The Balaban J connectivity index is 1.78. The largest absolute Gasteiger partial charge is 0.497 e. The molecular formula is C20H24N4O7S. The van der Waals surface area contributed by atoms with E-state index < -0.39 is 26.6 Å². The zero-order valence-electron chi connectivity index (χ0n) is 17.8. The summed E-state index contributed by atoms with van der Waals surface area (Å²) in [6, 6.07) is 6.99. The zero-order chi connectivity index (χ0) is 23.3. The van der Waals surface area contributed by atoms with Gasteiger partial charge in [0, 0.05) is 32.4 Å². The van der Waals surface area contributed by atoms with Crippen molar-refractivity contribution in [3.05, 3.63) is 52.2 Å². The molecule has 2 aromatic rings. The van der Waals surface area contributed by atoms with Crippen LogP contribution in [0.5, 0.6) is 5.75 Å². The summed E-state index contributed by atoms with van der Waals surface area (Å²) in [5.74, 6) is 0.350.